The summed E-state index contributed by atoms with van der Waals surface area (Å²) < 4.78 is 41.8. The minimum absolute atomic E-state index is 0.225. The maximum atomic E-state index is 13.9. The maximum Gasteiger partial charge on any atom is 0.417 e. The Bertz CT molecular complexity index is 1510. The van der Waals surface area contributed by atoms with Crippen molar-refractivity contribution in [3.05, 3.63) is 81.9 Å². The van der Waals surface area contributed by atoms with E-state index in [1.807, 2.05) is 0 Å². The van der Waals surface area contributed by atoms with E-state index in [-0.39, 0.29) is 25.1 Å². The fraction of sp³-hybridized carbons (Fsp3) is 0.250. The van der Waals surface area contributed by atoms with Gasteiger partial charge in [-0.25, -0.2) is 4.98 Å². The van der Waals surface area contributed by atoms with E-state index in [0.29, 0.717) is 40.2 Å². The van der Waals surface area contributed by atoms with Gasteiger partial charge in [0.1, 0.15) is 5.82 Å². The standard InChI is InChI=1S/C24H20ClF3N8O2/c25-14-4-6-17-19(12-14)30-21(29-17)18(7-8-20-32-34-35-33-20)31-22(37)13-3-5-15(16(11-13)24(26,27)28)23(38)36-9-1-2-10-36/h1-6,11-12,18H,7-10H2,(H,29,30)(H,31,37)(H,32,33,34,35)/t18-/m1/s1. The van der Waals surface area contributed by atoms with Crippen molar-refractivity contribution in [2.45, 2.75) is 25.1 Å². The number of aromatic nitrogens is 6. The molecule has 38 heavy (non-hydrogen) atoms. The first kappa shape index (κ1) is 25.4. The molecule has 5 rings (SSSR count). The molecule has 2 amide bonds. The van der Waals surface area contributed by atoms with Crippen molar-refractivity contribution in [3.63, 3.8) is 0 Å². The fourth-order valence-electron chi connectivity index (χ4n) is 4.17. The van der Waals surface area contributed by atoms with E-state index in [0.717, 1.165) is 6.07 Å². The Morgan fingerprint density at radius 1 is 1.13 bits per heavy atom. The molecule has 14 heteroatoms. The van der Waals surface area contributed by atoms with Crippen LogP contribution in [0.15, 0.2) is 48.6 Å². The third kappa shape index (κ3) is 5.37. The van der Waals surface area contributed by atoms with Gasteiger partial charge in [0.2, 0.25) is 0 Å². The number of H-pyrrole nitrogens is 2. The molecule has 0 saturated heterocycles. The summed E-state index contributed by atoms with van der Waals surface area (Å²) in [5.74, 6) is -0.757. The Morgan fingerprint density at radius 3 is 2.63 bits per heavy atom. The van der Waals surface area contributed by atoms with Crippen LogP contribution in [0.1, 0.15) is 50.4 Å². The van der Waals surface area contributed by atoms with Crippen LogP contribution in [0, 0.1) is 0 Å². The minimum Gasteiger partial charge on any atom is -0.342 e. The summed E-state index contributed by atoms with van der Waals surface area (Å²) in [7, 11) is 0. The van der Waals surface area contributed by atoms with Crippen LogP contribution in [-0.2, 0) is 12.6 Å². The Balaban J connectivity index is 1.43. The van der Waals surface area contributed by atoms with Crippen molar-refractivity contribution < 1.29 is 22.8 Å². The van der Waals surface area contributed by atoms with Gasteiger partial charge in [-0.05, 0) is 42.8 Å². The van der Waals surface area contributed by atoms with Crippen LogP contribution in [-0.4, -0.2) is 60.4 Å². The molecule has 1 aliphatic rings. The van der Waals surface area contributed by atoms with Gasteiger partial charge in [0.05, 0.1) is 28.2 Å². The van der Waals surface area contributed by atoms with Gasteiger partial charge in [-0.1, -0.05) is 29.0 Å². The second-order valence-corrected chi connectivity index (χ2v) is 9.05. The number of tetrazole rings is 1. The molecule has 1 aliphatic heterocycles. The smallest absolute Gasteiger partial charge is 0.342 e. The fourth-order valence-corrected chi connectivity index (χ4v) is 4.34. The quantitative estimate of drug-likeness (QED) is 0.303. The number of nitrogens with zero attached hydrogens (tertiary/aromatic N) is 5. The highest BCUT2D eigenvalue weighted by Gasteiger charge is 2.37. The lowest BCUT2D eigenvalue weighted by Gasteiger charge is -2.20. The van der Waals surface area contributed by atoms with Crippen LogP contribution >= 0.6 is 11.6 Å². The number of amides is 2. The van der Waals surface area contributed by atoms with Gasteiger partial charge in [0.15, 0.2) is 5.82 Å². The van der Waals surface area contributed by atoms with Crippen molar-refractivity contribution in [1.82, 2.24) is 40.8 Å². The molecule has 2 aromatic carbocycles. The molecule has 0 aliphatic carbocycles. The number of halogens is 4. The molecule has 4 aromatic rings. The third-order valence-electron chi connectivity index (χ3n) is 6.07. The lowest BCUT2D eigenvalue weighted by atomic mass is 10.0. The summed E-state index contributed by atoms with van der Waals surface area (Å²) in [5.41, 5.74) is -0.715. The number of hydrogen-bond acceptors (Lipinski definition) is 6. The summed E-state index contributed by atoms with van der Waals surface area (Å²) >= 11 is 6.06. The zero-order chi connectivity index (χ0) is 26.9. The molecule has 10 nitrogen and oxygen atoms in total. The average Bonchev–Trinajstić information content (AvgIpc) is 3.67. The van der Waals surface area contributed by atoms with E-state index in [2.05, 4.69) is 35.9 Å². The van der Waals surface area contributed by atoms with Gasteiger partial charge in [0, 0.05) is 30.1 Å². The van der Waals surface area contributed by atoms with E-state index >= 15 is 0 Å². The Labute approximate surface area is 218 Å². The van der Waals surface area contributed by atoms with Crippen molar-refractivity contribution >= 4 is 34.4 Å². The van der Waals surface area contributed by atoms with Gasteiger partial charge in [0.25, 0.3) is 11.8 Å². The molecular formula is C24H20ClF3N8O2. The predicted molar refractivity (Wildman–Crippen MR) is 130 cm³/mol. The lowest BCUT2D eigenvalue weighted by molar-refractivity contribution is -0.138. The van der Waals surface area contributed by atoms with E-state index in [1.54, 1.807) is 30.4 Å². The number of rotatable bonds is 7. The highest BCUT2D eigenvalue weighted by Crippen LogP contribution is 2.34. The first-order valence-electron chi connectivity index (χ1n) is 11.5. The van der Waals surface area contributed by atoms with Crippen LogP contribution in [0.4, 0.5) is 13.2 Å². The topological polar surface area (TPSA) is 133 Å². The van der Waals surface area contributed by atoms with Gasteiger partial charge >= 0.3 is 6.18 Å². The van der Waals surface area contributed by atoms with E-state index in [4.69, 9.17) is 11.6 Å². The number of nitrogens with one attached hydrogen (secondary N) is 3. The minimum atomic E-state index is -4.84. The van der Waals surface area contributed by atoms with Crippen molar-refractivity contribution in [3.8, 4) is 0 Å². The van der Waals surface area contributed by atoms with Gasteiger partial charge in [-0.3, -0.25) is 9.59 Å². The number of alkyl halides is 3. The number of aromatic amines is 2. The Kier molecular flexibility index (Phi) is 6.85. The summed E-state index contributed by atoms with van der Waals surface area (Å²) in [6, 6.07) is 7.25. The monoisotopic (exact) mass is 544 g/mol. The van der Waals surface area contributed by atoms with Crippen LogP contribution in [0.5, 0.6) is 0 Å². The molecule has 0 fully saturated rings. The highest BCUT2D eigenvalue weighted by atomic mass is 35.5. The summed E-state index contributed by atoms with van der Waals surface area (Å²) in [4.78, 5) is 34.8. The molecule has 196 valence electrons. The van der Waals surface area contributed by atoms with Gasteiger partial charge in [-0.15, -0.1) is 10.2 Å². The first-order valence-corrected chi connectivity index (χ1v) is 11.9. The molecule has 0 bridgehead atoms. The molecule has 0 spiro atoms. The summed E-state index contributed by atoms with van der Waals surface area (Å²) in [6.07, 6.45) is -0.875. The Hall–Kier alpha value is -4.26. The number of aryl methyl sites for hydroxylation is 1. The van der Waals surface area contributed by atoms with Crippen molar-refractivity contribution in [1.29, 1.82) is 0 Å². The molecule has 3 heterocycles. The van der Waals surface area contributed by atoms with E-state index in [1.165, 1.54) is 11.0 Å². The van der Waals surface area contributed by atoms with Gasteiger partial charge in [-0.2, -0.15) is 18.4 Å². The molecule has 3 N–H and O–H groups in total. The second kappa shape index (κ2) is 10.2. The third-order valence-corrected chi connectivity index (χ3v) is 6.30. The molecule has 0 saturated carbocycles. The zero-order valence-electron chi connectivity index (χ0n) is 19.6. The number of carbonyl (C=O) groups is 2. The van der Waals surface area contributed by atoms with E-state index < -0.39 is 35.2 Å². The summed E-state index contributed by atoms with van der Waals surface area (Å²) in [5, 5.41) is 16.9. The van der Waals surface area contributed by atoms with Crippen molar-refractivity contribution in [2.75, 3.05) is 13.1 Å². The molecule has 0 radical (unpaired) electrons. The van der Waals surface area contributed by atoms with Crippen LogP contribution in [0.3, 0.4) is 0 Å². The number of hydrogen-bond donors (Lipinski definition) is 3. The normalized spacial score (nSPS) is 14.3. The van der Waals surface area contributed by atoms with Crippen LogP contribution in [0.25, 0.3) is 11.0 Å². The molecule has 1 atom stereocenters. The predicted octanol–water partition coefficient (Wildman–Crippen LogP) is 3.86. The first-order chi connectivity index (χ1) is 18.2. The zero-order valence-corrected chi connectivity index (χ0v) is 20.3. The van der Waals surface area contributed by atoms with Gasteiger partial charge < -0.3 is 15.2 Å². The number of carbonyl (C=O) groups excluding carboxylic acids is 2. The van der Waals surface area contributed by atoms with Crippen molar-refractivity contribution in [2.24, 2.45) is 0 Å². The second-order valence-electron chi connectivity index (χ2n) is 8.62. The van der Waals surface area contributed by atoms with E-state index in [9.17, 15) is 22.8 Å². The number of imidazole rings is 1. The SMILES string of the molecule is O=C(N[C@H](CCc1nn[nH]n1)c1nc2ccc(Cl)cc2[nH]1)c1ccc(C(=O)N2CC=CC2)c(C(F)(F)F)c1. The molecular weight excluding hydrogens is 525 g/mol. The largest absolute Gasteiger partial charge is 0.417 e. The van der Waals surface area contributed by atoms with Crippen LogP contribution in [0.2, 0.25) is 5.02 Å². The Morgan fingerprint density at radius 2 is 1.92 bits per heavy atom. The highest BCUT2D eigenvalue weighted by molar-refractivity contribution is 6.31. The molecule has 2 aromatic heterocycles. The average molecular weight is 545 g/mol. The summed E-state index contributed by atoms with van der Waals surface area (Å²) in [6.45, 7) is 0.451. The number of fused-ring (bicyclic) bond motifs is 1. The van der Waals surface area contributed by atoms with Crippen LogP contribution < -0.4 is 5.32 Å². The molecule has 0 unspecified atom stereocenters. The number of benzene rings is 2. The lowest BCUT2D eigenvalue weighted by Crippen LogP contribution is -2.32. The maximum absolute atomic E-state index is 13.9.